The average molecular weight is 192 g/mol. The van der Waals surface area contributed by atoms with E-state index in [1.54, 1.807) is 6.07 Å². The Morgan fingerprint density at radius 2 is 2.29 bits per heavy atom. The summed E-state index contributed by atoms with van der Waals surface area (Å²) in [6, 6.07) is 3.63. The summed E-state index contributed by atoms with van der Waals surface area (Å²) in [5.41, 5.74) is 5.46. The van der Waals surface area contributed by atoms with Gasteiger partial charge >= 0.3 is 0 Å². The molecule has 0 amide bonds. The van der Waals surface area contributed by atoms with Gasteiger partial charge in [-0.15, -0.1) is 16.8 Å². The number of rotatable bonds is 5. The van der Waals surface area contributed by atoms with E-state index in [0.717, 1.165) is 25.3 Å². The van der Waals surface area contributed by atoms with Crippen molar-refractivity contribution < 1.29 is 0 Å². The molecule has 2 N–H and O–H groups in total. The molecule has 0 saturated carbocycles. The van der Waals surface area contributed by atoms with Gasteiger partial charge < -0.3 is 10.6 Å². The summed E-state index contributed by atoms with van der Waals surface area (Å²) >= 11 is 0. The van der Waals surface area contributed by atoms with E-state index in [1.807, 2.05) is 12.1 Å². The highest BCUT2D eigenvalue weighted by atomic mass is 15.3. The van der Waals surface area contributed by atoms with Crippen LogP contribution in [0.3, 0.4) is 0 Å². The van der Waals surface area contributed by atoms with Crippen LogP contribution in [0.25, 0.3) is 0 Å². The van der Waals surface area contributed by atoms with Crippen LogP contribution in [0.15, 0.2) is 24.8 Å². The minimum Gasteiger partial charge on any atom is -0.382 e. The predicted molar refractivity (Wildman–Crippen MR) is 59.1 cm³/mol. The highest BCUT2D eigenvalue weighted by molar-refractivity contribution is 5.41. The molecule has 14 heavy (non-hydrogen) atoms. The van der Waals surface area contributed by atoms with E-state index >= 15 is 0 Å². The number of nitrogens with two attached hydrogens (primary N) is 1. The summed E-state index contributed by atoms with van der Waals surface area (Å²) < 4.78 is 0. The van der Waals surface area contributed by atoms with E-state index < -0.39 is 0 Å². The lowest BCUT2D eigenvalue weighted by Crippen LogP contribution is -2.25. The normalized spacial score (nSPS) is 9.79. The standard InChI is InChI=1S/C10H16N4/c1-3-7-14(8-4-2)10-6-5-9(11)12-13-10/h3,5-6H,1,4,7-8H2,2H3,(H2,11,12). The van der Waals surface area contributed by atoms with E-state index in [9.17, 15) is 0 Å². The summed E-state index contributed by atoms with van der Waals surface area (Å²) in [5, 5.41) is 7.84. The molecule has 1 heterocycles. The molecule has 0 saturated heterocycles. The zero-order chi connectivity index (χ0) is 10.4. The zero-order valence-electron chi connectivity index (χ0n) is 8.48. The number of hydrogen-bond donors (Lipinski definition) is 1. The topological polar surface area (TPSA) is 55.0 Å². The Labute approximate surface area is 84.4 Å². The fourth-order valence-corrected chi connectivity index (χ4v) is 1.23. The quantitative estimate of drug-likeness (QED) is 0.718. The largest absolute Gasteiger partial charge is 0.382 e. The number of nitrogen functional groups attached to an aromatic ring is 1. The minimum atomic E-state index is 0.448. The summed E-state index contributed by atoms with van der Waals surface area (Å²) in [6.07, 6.45) is 2.92. The molecule has 0 bridgehead atoms. The van der Waals surface area contributed by atoms with Gasteiger partial charge in [0.05, 0.1) is 0 Å². The fourth-order valence-electron chi connectivity index (χ4n) is 1.23. The molecule has 0 aromatic carbocycles. The van der Waals surface area contributed by atoms with Crippen molar-refractivity contribution in [2.45, 2.75) is 13.3 Å². The maximum Gasteiger partial charge on any atom is 0.151 e. The molecule has 0 unspecified atom stereocenters. The molecule has 1 rings (SSSR count). The molecule has 0 aliphatic heterocycles. The summed E-state index contributed by atoms with van der Waals surface area (Å²) in [5.74, 6) is 1.30. The monoisotopic (exact) mass is 192 g/mol. The van der Waals surface area contributed by atoms with Crippen molar-refractivity contribution in [2.24, 2.45) is 0 Å². The van der Waals surface area contributed by atoms with E-state index in [-0.39, 0.29) is 0 Å². The van der Waals surface area contributed by atoms with Crippen molar-refractivity contribution in [2.75, 3.05) is 23.7 Å². The molecule has 0 radical (unpaired) electrons. The second-order valence-corrected chi connectivity index (χ2v) is 3.05. The van der Waals surface area contributed by atoms with Crippen LogP contribution in [0.4, 0.5) is 11.6 Å². The third-order valence-corrected chi connectivity index (χ3v) is 1.84. The second kappa shape index (κ2) is 5.21. The lowest BCUT2D eigenvalue weighted by Gasteiger charge is -2.20. The van der Waals surface area contributed by atoms with Crippen LogP contribution in [0, 0.1) is 0 Å². The summed E-state index contributed by atoms with van der Waals surface area (Å²) in [6.45, 7) is 7.57. The van der Waals surface area contributed by atoms with Crippen LogP contribution in [0.2, 0.25) is 0 Å². The Hall–Kier alpha value is -1.58. The van der Waals surface area contributed by atoms with Gasteiger partial charge in [-0.1, -0.05) is 13.0 Å². The lowest BCUT2D eigenvalue weighted by molar-refractivity contribution is 0.790. The van der Waals surface area contributed by atoms with Gasteiger partial charge in [0, 0.05) is 13.1 Å². The Balaban J connectivity index is 2.76. The molecule has 0 atom stereocenters. The van der Waals surface area contributed by atoms with Gasteiger partial charge in [0.15, 0.2) is 5.82 Å². The SMILES string of the molecule is C=CCN(CCC)c1ccc(N)nn1. The van der Waals surface area contributed by atoms with Gasteiger partial charge in [-0.3, -0.25) is 0 Å². The molecule has 4 heteroatoms. The van der Waals surface area contributed by atoms with Crippen LogP contribution >= 0.6 is 0 Å². The Morgan fingerprint density at radius 1 is 1.50 bits per heavy atom. The summed E-state index contributed by atoms with van der Waals surface area (Å²) in [7, 11) is 0. The van der Waals surface area contributed by atoms with Crippen molar-refractivity contribution in [3.05, 3.63) is 24.8 Å². The third kappa shape index (κ3) is 2.73. The number of anilines is 2. The maximum absolute atomic E-state index is 5.46. The van der Waals surface area contributed by atoms with E-state index in [2.05, 4.69) is 28.6 Å². The molecule has 76 valence electrons. The van der Waals surface area contributed by atoms with Crippen molar-refractivity contribution in [3.63, 3.8) is 0 Å². The molecule has 0 spiro atoms. The molecular formula is C10H16N4. The second-order valence-electron chi connectivity index (χ2n) is 3.05. The van der Waals surface area contributed by atoms with Crippen LogP contribution in [-0.4, -0.2) is 23.3 Å². The van der Waals surface area contributed by atoms with E-state index in [4.69, 9.17) is 5.73 Å². The minimum absolute atomic E-state index is 0.448. The molecule has 0 fully saturated rings. The average Bonchev–Trinajstić information content (AvgIpc) is 2.19. The van der Waals surface area contributed by atoms with Crippen LogP contribution in [-0.2, 0) is 0 Å². The molecule has 4 nitrogen and oxygen atoms in total. The van der Waals surface area contributed by atoms with Crippen LogP contribution < -0.4 is 10.6 Å². The first kappa shape index (κ1) is 10.5. The van der Waals surface area contributed by atoms with Crippen molar-refractivity contribution in [1.82, 2.24) is 10.2 Å². The smallest absolute Gasteiger partial charge is 0.151 e. The summed E-state index contributed by atoms with van der Waals surface area (Å²) in [4.78, 5) is 2.11. The molecule has 1 aromatic rings. The first-order chi connectivity index (χ1) is 6.77. The van der Waals surface area contributed by atoms with Crippen molar-refractivity contribution in [3.8, 4) is 0 Å². The Morgan fingerprint density at radius 3 is 2.79 bits per heavy atom. The Kier molecular flexibility index (Phi) is 3.91. The number of hydrogen-bond acceptors (Lipinski definition) is 4. The van der Waals surface area contributed by atoms with E-state index in [1.165, 1.54) is 0 Å². The van der Waals surface area contributed by atoms with E-state index in [0.29, 0.717) is 5.82 Å². The Bertz CT molecular complexity index is 281. The van der Waals surface area contributed by atoms with Gasteiger partial charge in [0.1, 0.15) is 5.82 Å². The first-order valence-corrected chi connectivity index (χ1v) is 4.73. The van der Waals surface area contributed by atoms with Crippen molar-refractivity contribution in [1.29, 1.82) is 0 Å². The van der Waals surface area contributed by atoms with Gasteiger partial charge in [-0.25, -0.2) is 0 Å². The molecular weight excluding hydrogens is 176 g/mol. The van der Waals surface area contributed by atoms with Crippen LogP contribution in [0.1, 0.15) is 13.3 Å². The first-order valence-electron chi connectivity index (χ1n) is 4.73. The highest BCUT2D eigenvalue weighted by Crippen LogP contribution is 2.10. The molecule has 1 aromatic heterocycles. The molecule has 0 aliphatic carbocycles. The number of aromatic nitrogens is 2. The van der Waals surface area contributed by atoms with Gasteiger partial charge in [-0.2, -0.15) is 0 Å². The highest BCUT2D eigenvalue weighted by Gasteiger charge is 2.04. The van der Waals surface area contributed by atoms with Crippen LogP contribution in [0.5, 0.6) is 0 Å². The van der Waals surface area contributed by atoms with Gasteiger partial charge in [0.25, 0.3) is 0 Å². The predicted octanol–water partition coefficient (Wildman–Crippen LogP) is 1.46. The zero-order valence-corrected chi connectivity index (χ0v) is 8.48. The van der Waals surface area contributed by atoms with Gasteiger partial charge in [0.2, 0.25) is 0 Å². The third-order valence-electron chi connectivity index (χ3n) is 1.84. The van der Waals surface area contributed by atoms with Gasteiger partial charge in [-0.05, 0) is 18.6 Å². The number of nitrogens with zero attached hydrogens (tertiary/aromatic N) is 3. The molecule has 0 aliphatic rings. The fraction of sp³-hybridized carbons (Fsp3) is 0.400. The van der Waals surface area contributed by atoms with Crippen molar-refractivity contribution >= 4 is 11.6 Å². The lowest BCUT2D eigenvalue weighted by atomic mass is 10.3. The maximum atomic E-state index is 5.46.